The Hall–Kier alpha value is -2.06. The minimum absolute atomic E-state index is 0.0510. The monoisotopic (exact) mass is 401 g/mol. The molecule has 0 atom stereocenters. The lowest BCUT2D eigenvalue weighted by molar-refractivity contribution is -0.134. The van der Waals surface area contributed by atoms with Crippen LogP contribution in [0.1, 0.15) is 53.5 Å². The van der Waals surface area contributed by atoms with Gasteiger partial charge in [-0.2, -0.15) is 0 Å². The van der Waals surface area contributed by atoms with E-state index in [1.165, 1.54) is 0 Å². The molecule has 0 bridgehead atoms. The van der Waals surface area contributed by atoms with Gasteiger partial charge in [0.1, 0.15) is 5.82 Å². The highest BCUT2D eigenvalue weighted by Gasteiger charge is 2.28. The van der Waals surface area contributed by atoms with E-state index in [2.05, 4.69) is 14.9 Å². The molecule has 3 aliphatic heterocycles. The normalized spacial score (nSPS) is 21.6. The van der Waals surface area contributed by atoms with Crippen molar-refractivity contribution in [2.75, 3.05) is 59.0 Å². The zero-order valence-electron chi connectivity index (χ0n) is 17.3. The van der Waals surface area contributed by atoms with Crippen LogP contribution in [0.15, 0.2) is 6.20 Å². The lowest BCUT2D eigenvalue weighted by Crippen LogP contribution is -2.46. The van der Waals surface area contributed by atoms with Gasteiger partial charge in [-0.15, -0.1) is 0 Å². The average molecular weight is 402 g/mol. The van der Waals surface area contributed by atoms with Crippen molar-refractivity contribution >= 4 is 11.8 Å². The molecular weight excluding hydrogens is 370 g/mol. The van der Waals surface area contributed by atoms with Crippen LogP contribution in [-0.2, 0) is 9.53 Å². The first-order valence-corrected chi connectivity index (χ1v) is 10.8. The molecule has 0 aliphatic carbocycles. The van der Waals surface area contributed by atoms with Crippen molar-refractivity contribution in [1.29, 1.82) is 0 Å². The van der Waals surface area contributed by atoms with Crippen molar-refractivity contribution in [3.63, 3.8) is 0 Å². The molecule has 3 saturated heterocycles. The van der Waals surface area contributed by atoms with E-state index in [1.54, 1.807) is 6.20 Å². The number of carbonyl (C=O) groups excluding carboxylic acids is 2. The minimum Gasteiger partial charge on any atom is -0.379 e. The second kappa shape index (κ2) is 9.17. The number of hydrogen-bond donors (Lipinski definition) is 0. The number of amides is 2. The number of piperidine rings is 1. The summed E-state index contributed by atoms with van der Waals surface area (Å²) >= 11 is 0. The summed E-state index contributed by atoms with van der Waals surface area (Å²) in [6, 6.07) is 0. The number of likely N-dealkylation sites (tertiary alicyclic amines) is 2. The maximum Gasteiger partial charge on any atom is 0.257 e. The van der Waals surface area contributed by atoms with Crippen molar-refractivity contribution in [2.45, 2.75) is 38.5 Å². The molecule has 4 heterocycles. The quantitative estimate of drug-likeness (QED) is 0.751. The minimum atomic E-state index is 0.0510. The van der Waals surface area contributed by atoms with E-state index in [0.717, 1.165) is 76.5 Å². The summed E-state index contributed by atoms with van der Waals surface area (Å²) in [6.45, 7) is 8.61. The number of nitrogens with zero attached hydrogens (tertiary/aromatic N) is 5. The fourth-order valence-corrected chi connectivity index (χ4v) is 4.42. The molecule has 1 aromatic heterocycles. The maximum absolute atomic E-state index is 12.6. The van der Waals surface area contributed by atoms with Crippen LogP contribution in [0, 0.1) is 6.92 Å². The largest absolute Gasteiger partial charge is 0.379 e. The van der Waals surface area contributed by atoms with Crippen LogP contribution in [0.5, 0.6) is 0 Å². The highest BCUT2D eigenvalue weighted by Crippen LogP contribution is 2.26. The van der Waals surface area contributed by atoms with Crippen LogP contribution in [0.25, 0.3) is 0 Å². The summed E-state index contributed by atoms with van der Waals surface area (Å²) in [7, 11) is 0. The van der Waals surface area contributed by atoms with Gasteiger partial charge >= 0.3 is 0 Å². The Kier molecular flexibility index (Phi) is 6.40. The van der Waals surface area contributed by atoms with E-state index in [-0.39, 0.29) is 17.7 Å². The van der Waals surface area contributed by atoms with E-state index in [9.17, 15) is 9.59 Å². The molecule has 0 spiro atoms. The van der Waals surface area contributed by atoms with Crippen molar-refractivity contribution < 1.29 is 14.3 Å². The van der Waals surface area contributed by atoms with Gasteiger partial charge in [0.25, 0.3) is 5.91 Å². The van der Waals surface area contributed by atoms with Gasteiger partial charge in [0.15, 0.2) is 0 Å². The molecule has 0 N–H and O–H groups in total. The standard InChI is InChI=1S/C21H31N5O3/c1-16-18(21(28)26-6-2-3-7-26)14-22-20(23-16)17-4-8-25(9-5-17)19(27)15-24-10-12-29-13-11-24/h14,17H,2-13,15H2,1H3. The molecular formula is C21H31N5O3. The number of morpholine rings is 1. The molecule has 0 unspecified atom stereocenters. The first kappa shape index (κ1) is 20.2. The number of hydrogen-bond acceptors (Lipinski definition) is 6. The Labute approximate surface area is 172 Å². The Morgan fingerprint density at radius 2 is 1.72 bits per heavy atom. The van der Waals surface area contributed by atoms with Crippen molar-refractivity contribution in [3.05, 3.63) is 23.3 Å². The van der Waals surface area contributed by atoms with Gasteiger partial charge < -0.3 is 14.5 Å². The number of ether oxygens (including phenoxy) is 1. The molecule has 8 nitrogen and oxygen atoms in total. The second-order valence-electron chi connectivity index (χ2n) is 8.27. The number of aromatic nitrogens is 2. The fourth-order valence-electron chi connectivity index (χ4n) is 4.42. The van der Waals surface area contributed by atoms with Crippen LogP contribution >= 0.6 is 0 Å². The molecule has 1 aromatic rings. The predicted molar refractivity (Wildman–Crippen MR) is 108 cm³/mol. The van der Waals surface area contributed by atoms with E-state index in [1.807, 2.05) is 16.7 Å². The highest BCUT2D eigenvalue weighted by atomic mass is 16.5. The smallest absolute Gasteiger partial charge is 0.257 e. The van der Waals surface area contributed by atoms with Crippen LogP contribution in [0.2, 0.25) is 0 Å². The molecule has 2 amide bonds. The molecule has 3 fully saturated rings. The average Bonchev–Trinajstić information content (AvgIpc) is 3.29. The maximum atomic E-state index is 12.6. The Bertz CT molecular complexity index is 736. The zero-order chi connectivity index (χ0) is 20.2. The molecule has 0 aromatic carbocycles. The van der Waals surface area contributed by atoms with E-state index in [0.29, 0.717) is 25.3 Å². The van der Waals surface area contributed by atoms with Crippen LogP contribution in [-0.4, -0.2) is 95.5 Å². The summed E-state index contributed by atoms with van der Waals surface area (Å²) in [5.74, 6) is 1.31. The second-order valence-corrected chi connectivity index (χ2v) is 8.27. The van der Waals surface area contributed by atoms with Crippen LogP contribution < -0.4 is 0 Å². The Morgan fingerprint density at radius 3 is 2.38 bits per heavy atom. The van der Waals surface area contributed by atoms with E-state index >= 15 is 0 Å². The third kappa shape index (κ3) is 4.75. The third-order valence-electron chi connectivity index (χ3n) is 6.30. The van der Waals surface area contributed by atoms with E-state index < -0.39 is 0 Å². The SMILES string of the molecule is Cc1nc(C2CCN(C(=O)CN3CCOCC3)CC2)ncc1C(=O)N1CCCC1. The molecule has 158 valence electrons. The predicted octanol–water partition coefficient (Wildman–Crippen LogP) is 1.06. The first-order valence-electron chi connectivity index (χ1n) is 10.8. The fraction of sp³-hybridized carbons (Fsp3) is 0.714. The van der Waals surface area contributed by atoms with Gasteiger partial charge in [-0.05, 0) is 32.6 Å². The lowest BCUT2D eigenvalue weighted by atomic mass is 9.95. The summed E-state index contributed by atoms with van der Waals surface area (Å²) in [6.07, 6.45) is 5.59. The summed E-state index contributed by atoms with van der Waals surface area (Å²) in [5, 5.41) is 0. The molecule has 3 aliphatic rings. The van der Waals surface area contributed by atoms with Crippen molar-refractivity contribution in [3.8, 4) is 0 Å². The summed E-state index contributed by atoms with van der Waals surface area (Å²) in [4.78, 5) is 40.4. The van der Waals surface area contributed by atoms with Gasteiger partial charge in [0, 0.05) is 51.4 Å². The van der Waals surface area contributed by atoms with Gasteiger partial charge in [0.2, 0.25) is 5.91 Å². The van der Waals surface area contributed by atoms with Crippen molar-refractivity contribution in [1.82, 2.24) is 24.7 Å². The Morgan fingerprint density at radius 1 is 1.03 bits per heavy atom. The summed E-state index contributed by atoms with van der Waals surface area (Å²) < 4.78 is 5.35. The molecule has 29 heavy (non-hydrogen) atoms. The highest BCUT2D eigenvalue weighted by molar-refractivity contribution is 5.95. The van der Waals surface area contributed by atoms with E-state index in [4.69, 9.17) is 4.74 Å². The number of carbonyl (C=O) groups is 2. The van der Waals surface area contributed by atoms with Gasteiger partial charge in [-0.3, -0.25) is 14.5 Å². The molecule has 0 radical (unpaired) electrons. The van der Waals surface area contributed by atoms with Gasteiger partial charge in [0.05, 0.1) is 31.0 Å². The molecule has 4 rings (SSSR count). The van der Waals surface area contributed by atoms with Gasteiger partial charge in [-0.1, -0.05) is 0 Å². The number of rotatable bonds is 4. The topological polar surface area (TPSA) is 78.9 Å². The van der Waals surface area contributed by atoms with Gasteiger partial charge in [-0.25, -0.2) is 9.97 Å². The van der Waals surface area contributed by atoms with Crippen LogP contribution in [0.3, 0.4) is 0 Å². The summed E-state index contributed by atoms with van der Waals surface area (Å²) in [5.41, 5.74) is 1.38. The molecule has 0 saturated carbocycles. The number of aryl methyl sites for hydroxylation is 1. The van der Waals surface area contributed by atoms with Crippen molar-refractivity contribution in [2.24, 2.45) is 0 Å². The lowest BCUT2D eigenvalue weighted by Gasteiger charge is -2.34. The molecule has 8 heteroatoms. The third-order valence-corrected chi connectivity index (χ3v) is 6.30. The first-order chi connectivity index (χ1) is 14.1. The van der Waals surface area contributed by atoms with Crippen LogP contribution in [0.4, 0.5) is 0 Å². The Balaban J connectivity index is 1.31. The zero-order valence-corrected chi connectivity index (χ0v) is 17.3.